The van der Waals surface area contributed by atoms with Gasteiger partial charge in [0.1, 0.15) is 11.3 Å². The van der Waals surface area contributed by atoms with Crippen LogP contribution in [0.5, 0.6) is 5.75 Å². The Labute approximate surface area is 142 Å². The third-order valence-electron chi connectivity index (χ3n) is 4.19. The second-order valence-electron chi connectivity index (χ2n) is 5.70. The standard InChI is InChI=1S/C16H17N5O2S/c1-23-10-4-5-12-11(8-10)14-15(17-12)18-16(20-19-14)24-9-13(22)21-6-2-3-7-21/h4-5,8H,2-3,6-7,9H2,1H3,(H,17,18,20). The van der Waals surface area contributed by atoms with Gasteiger partial charge in [0.25, 0.3) is 0 Å². The topological polar surface area (TPSA) is 84.0 Å². The quantitative estimate of drug-likeness (QED) is 0.731. The summed E-state index contributed by atoms with van der Waals surface area (Å²) >= 11 is 1.33. The molecule has 1 saturated heterocycles. The van der Waals surface area contributed by atoms with Gasteiger partial charge in [-0.3, -0.25) is 4.79 Å². The van der Waals surface area contributed by atoms with Crippen molar-refractivity contribution in [1.29, 1.82) is 0 Å². The summed E-state index contributed by atoms with van der Waals surface area (Å²) in [5.74, 6) is 1.25. The van der Waals surface area contributed by atoms with E-state index in [1.165, 1.54) is 11.8 Å². The molecule has 0 radical (unpaired) electrons. The lowest BCUT2D eigenvalue weighted by Gasteiger charge is -2.13. The van der Waals surface area contributed by atoms with Crippen molar-refractivity contribution in [3.05, 3.63) is 18.2 Å². The van der Waals surface area contributed by atoms with Gasteiger partial charge in [-0.1, -0.05) is 11.8 Å². The number of carbonyl (C=O) groups excluding carboxylic acids is 1. The molecule has 0 saturated carbocycles. The number of H-pyrrole nitrogens is 1. The maximum atomic E-state index is 12.1. The van der Waals surface area contributed by atoms with Gasteiger partial charge in [0.15, 0.2) is 5.65 Å². The van der Waals surface area contributed by atoms with Gasteiger partial charge < -0.3 is 14.6 Å². The van der Waals surface area contributed by atoms with Crippen molar-refractivity contribution in [2.45, 2.75) is 18.0 Å². The highest BCUT2D eigenvalue weighted by atomic mass is 32.2. The molecule has 124 valence electrons. The van der Waals surface area contributed by atoms with Crippen molar-refractivity contribution in [2.75, 3.05) is 26.0 Å². The maximum Gasteiger partial charge on any atom is 0.233 e. The zero-order valence-electron chi connectivity index (χ0n) is 13.3. The van der Waals surface area contributed by atoms with Crippen LogP contribution in [0, 0.1) is 0 Å². The molecule has 1 aliphatic heterocycles. The summed E-state index contributed by atoms with van der Waals surface area (Å²) in [6, 6.07) is 5.73. The van der Waals surface area contributed by atoms with Gasteiger partial charge in [0.05, 0.1) is 12.9 Å². The average Bonchev–Trinajstić information content (AvgIpc) is 3.26. The van der Waals surface area contributed by atoms with E-state index in [9.17, 15) is 4.79 Å². The number of likely N-dealkylation sites (tertiary alicyclic amines) is 1. The molecule has 3 aromatic rings. The second-order valence-corrected chi connectivity index (χ2v) is 6.65. The van der Waals surface area contributed by atoms with Gasteiger partial charge in [-0.05, 0) is 31.0 Å². The minimum absolute atomic E-state index is 0.141. The normalized spacial score (nSPS) is 14.6. The molecule has 4 rings (SSSR count). The van der Waals surface area contributed by atoms with Crippen LogP contribution in [-0.2, 0) is 4.79 Å². The van der Waals surface area contributed by atoms with E-state index in [0.717, 1.165) is 42.6 Å². The Bertz CT molecular complexity index is 904. The number of rotatable bonds is 4. The smallest absolute Gasteiger partial charge is 0.233 e. The summed E-state index contributed by atoms with van der Waals surface area (Å²) in [4.78, 5) is 21.7. The number of nitrogens with one attached hydrogen (secondary N) is 1. The Hall–Kier alpha value is -2.35. The summed E-state index contributed by atoms with van der Waals surface area (Å²) in [5.41, 5.74) is 2.31. The lowest BCUT2D eigenvalue weighted by molar-refractivity contribution is -0.127. The molecule has 1 aliphatic rings. The monoisotopic (exact) mass is 343 g/mol. The predicted molar refractivity (Wildman–Crippen MR) is 92.3 cm³/mol. The van der Waals surface area contributed by atoms with Crippen LogP contribution >= 0.6 is 11.8 Å². The van der Waals surface area contributed by atoms with Crippen LogP contribution in [0.2, 0.25) is 0 Å². The first-order valence-corrected chi connectivity index (χ1v) is 8.84. The molecule has 0 atom stereocenters. The number of hydrogen-bond acceptors (Lipinski definition) is 6. The fourth-order valence-corrected chi connectivity index (χ4v) is 3.60. The van der Waals surface area contributed by atoms with Crippen molar-refractivity contribution >= 4 is 39.7 Å². The van der Waals surface area contributed by atoms with E-state index in [1.54, 1.807) is 7.11 Å². The summed E-state index contributed by atoms with van der Waals surface area (Å²) in [6.45, 7) is 1.72. The average molecular weight is 343 g/mol. The number of amides is 1. The van der Waals surface area contributed by atoms with Crippen LogP contribution in [0.15, 0.2) is 23.4 Å². The van der Waals surface area contributed by atoms with E-state index in [4.69, 9.17) is 4.74 Å². The second kappa shape index (κ2) is 6.27. The largest absolute Gasteiger partial charge is 0.497 e. The number of thioether (sulfide) groups is 1. The summed E-state index contributed by atoms with van der Waals surface area (Å²) < 4.78 is 5.25. The van der Waals surface area contributed by atoms with Crippen molar-refractivity contribution in [2.24, 2.45) is 0 Å². The molecular formula is C16H17N5O2S. The van der Waals surface area contributed by atoms with E-state index in [0.29, 0.717) is 22.1 Å². The molecule has 0 spiro atoms. The van der Waals surface area contributed by atoms with E-state index >= 15 is 0 Å². The number of methoxy groups -OCH3 is 1. The van der Waals surface area contributed by atoms with Crippen LogP contribution in [0.1, 0.15) is 12.8 Å². The van der Waals surface area contributed by atoms with Gasteiger partial charge in [-0.15, -0.1) is 10.2 Å². The van der Waals surface area contributed by atoms with Crippen molar-refractivity contribution in [3.8, 4) is 5.75 Å². The number of benzene rings is 1. The first-order chi connectivity index (χ1) is 11.7. The Kier molecular flexibility index (Phi) is 3.97. The van der Waals surface area contributed by atoms with Crippen molar-refractivity contribution in [1.82, 2.24) is 25.1 Å². The molecule has 8 heteroatoms. The number of hydrogen-bond donors (Lipinski definition) is 1. The first-order valence-electron chi connectivity index (χ1n) is 7.85. The molecule has 2 aromatic heterocycles. The Morgan fingerprint density at radius 1 is 1.33 bits per heavy atom. The number of carbonyl (C=O) groups is 1. The minimum atomic E-state index is 0.141. The molecule has 0 aliphatic carbocycles. The lowest BCUT2D eigenvalue weighted by atomic mass is 10.2. The molecule has 1 amide bonds. The fraction of sp³-hybridized carbons (Fsp3) is 0.375. The zero-order valence-corrected chi connectivity index (χ0v) is 14.1. The highest BCUT2D eigenvalue weighted by Crippen LogP contribution is 2.27. The highest BCUT2D eigenvalue weighted by molar-refractivity contribution is 7.99. The molecule has 0 unspecified atom stereocenters. The molecule has 7 nitrogen and oxygen atoms in total. The first kappa shape index (κ1) is 15.2. The van der Waals surface area contributed by atoms with Crippen LogP contribution in [0.4, 0.5) is 0 Å². The van der Waals surface area contributed by atoms with Crippen molar-refractivity contribution < 1.29 is 9.53 Å². The number of ether oxygens (including phenoxy) is 1. The van der Waals surface area contributed by atoms with Crippen LogP contribution in [-0.4, -0.2) is 56.9 Å². The molecule has 24 heavy (non-hydrogen) atoms. The zero-order chi connectivity index (χ0) is 16.5. The van der Waals surface area contributed by atoms with Crippen LogP contribution < -0.4 is 4.74 Å². The Morgan fingerprint density at radius 3 is 2.96 bits per heavy atom. The highest BCUT2D eigenvalue weighted by Gasteiger charge is 2.18. The number of aromatic nitrogens is 4. The van der Waals surface area contributed by atoms with E-state index < -0.39 is 0 Å². The molecule has 0 bridgehead atoms. The molecule has 1 aromatic carbocycles. The molecule has 1 fully saturated rings. The van der Waals surface area contributed by atoms with Gasteiger partial charge in [0, 0.05) is 24.0 Å². The van der Waals surface area contributed by atoms with Crippen molar-refractivity contribution in [3.63, 3.8) is 0 Å². The van der Waals surface area contributed by atoms with Gasteiger partial charge in [-0.25, -0.2) is 4.98 Å². The molecule has 1 N–H and O–H groups in total. The summed E-state index contributed by atoms with van der Waals surface area (Å²) in [7, 11) is 1.63. The molecular weight excluding hydrogens is 326 g/mol. The predicted octanol–water partition coefficient (Wildman–Crippen LogP) is 2.23. The fourth-order valence-electron chi connectivity index (χ4n) is 2.91. The van der Waals surface area contributed by atoms with Gasteiger partial charge >= 0.3 is 0 Å². The Balaban J connectivity index is 1.56. The summed E-state index contributed by atoms with van der Waals surface area (Å²) in [5, 5.41) is 9.86. The SMILES string of the molecule is COc1ccc2[nH]c3nc(SCC(=O)N4CCCC4)nnc3c2c1. The minimum Gasteiger partial charge on any atom is -0.497 e. The third-order valence-corrected chi connectivity index (χ3v) is 5.01. The number of nitrogens with zero attached hydrogens (tertiary/aromatic N) is 4. The van der Waals surface area contributed by atoms with Gasteiger partial charge in [-0.2, -0.15) is 0 Å². The van der Waals surface area contributed by atoms with Crippen LogP contribution in [0.3, 0.4) is 0 Å². The lowest BCUT2D eigenvalue weighted by Crippen LogP contribution is -2.29. The summed E-state index contributed by atoms with van der Waals surface area (Å²) in [6.07, 6.45) is 2.19. The number of fused-ring (bicyclic) bond motifs is 3. The maximum absolute atomic E-state index is 12.1. The van der Waals surface area contributed by atoms with E-state index in [-0.39, 0.29) is 5.91 Å². The third kappa shape index (κ3) is 2.77. The van der Waals surface area contributed by atoms with E-state index in [1.807, 2.05) is 23.1 Å². The Morgan fingerprint density at radius 2 is 2.17 bits per heavy atom. The van der Waals surface area contributed by atoms with E-state index in [2.05, 4.69) is 20.2 Å². The molecule has 3 heterocycles. The number of aromatic amines is 1. The van der Waals surface area contributed by atoms with Gasteiger partial charge in [0.2, 0.25) is 11.1 Å². The van der Waals surface area contributed by atoms with Crippen LogP contribution in [0.25, 0.3) is 22.1 Å².